The first kappa shape index (κ1) is 37.3. The fraction of sp³-hybridized carbons (Fsp3) is 0.909. The molecule has 0 aromatic carbocycles. The van der Waals surface area contributed by atoms with Crippen molar-refractivity contribution in [1.29, 1.82) is 0 Å². The summed E-state index contributed by atoms with van der Waals surface area (Å²) in [5.74, 6) is 1.20. The number of phosphoric acid groups is 1. The van der Waals surface area contributed by atoms with E-state index >= 15 is 0 Å². The Morgan fingerprint density at radius 2 is 1.46 bits per heavy atom. The highest BCUT2D eigenvalue weighted by Crippen LogP contribution is 2.49. The zero-order valence-corrected chi connectivity index (χ0v) is 27.3. The number of β-amino-alcohol motifs (C(OH)–C–C–N with tert-alkyl or cyclic N) is 1. The van der Waals surface area contributed by atoms with Crippen LogP contribution in [-0.2, 0) is 32.3 Å². The molecule has 14 nitrogen and oxygen atoms in total. The average molecular weight is 683 g/mol. The van der Waals surface area contributed by atoms with Crippen LogP contribution in [0.15, 0.2) is 0 Å². The van der Waals surface area contributed by atoms with Crippen LogP contribution in [0, 0.1) is 0 Å². The molecule has 41 heavy (non-hydrogen) atoms. The van der Waals surface area contributed by atoms with Crippen LogP contribution in [0.25, 0.3) is 0 Å². The van der Waals surface area contributed by atoms with Gasteiger partial charge in [0.25, 0.3) is 0 Å². The second-order valence-corrected chi connectivity index (χ2v) is 16.8. The third kappa shape index (κ3) is 14.6. The third-order valence-electron chi connectivity index (χ3n) is 6.55. The summed E-state index contributed by atoms with van der Waals surface area (Å²) in [6.07, 6.45) is 1.90. The maximum absolute atomic E-state index is 12.8. The largest absolute Gasteiger partial charge is 0.472 e. The molecule has 19 heteroatoms. The summed E-state index contributed by atoms with van der Waals surface area (Å²) in [5, 5.41) is 10.1. The van der Waals surface area contributed by atoms with Crippen molar-refractivity contribution in [1.82, 2.24) is 9.80 Å². The summed E-state index contributed by atoms with van der Waals surface area (Å²) in [4.78, 5) is 48.3. The summed E-state index contributed by atoms with van der Waals surface area (Å²) in [5.41, 5.74) is 11.0. The number of aliphatic hydroxyl groups excluding tert-OH is 1. The van der Waals surface area contributed by atoms with Crippen LogP contribution in [0.5, 0.6) is 0 Å². The third-order valence-corrected chi connectivity index (χ3v) is 11.0. The van der Waals surface area contributed by atoms with Gasteiger partial charge in [-0.25, -0.2) is 9.13 Å². The van der Waals surface area contributed by atoms with Crippen LogP contribution in [0.1, 0.15) is 51.4 Å². The Morgan fingerprint density at radius 3 is 2.12 bits per heavy atom. The number of carbonyl (C=O) groups is 2. The molecule has 2 rings (SSSR count). The van der Waals surface area contributed by atoms with E-state index in [1.165, 1.54) is 9.80 Å². The van der Waals surface area contributed by atoms with Gasteiger partial charge in [0.05, 0.1) is 37.5 Å². The van der Waals surface area contributed by atoms with Gasteiger partial charge in [0.15, 0.2) is 0 Å². The molecule has 3 unspecified atom stereocenters. The van der Waals surface area contributed by atoms with Gasteiger partial charge in [-0.15, -0.1) is 0 Å². The maximum Gasteiger partial charge on any atom is 0.472 e. The van der Waals surface area contributed by atoms with Crippen molar-refractivity contribution < 1.29 is 47.2 Å². The van der Waals surface area contributed by atoms with Gasteiger partial charge in [0.2, 0.25) is 11.8 Å². The Labute approximate surface area is 254 Å². The first-order chi connectivity index (χ1) is 19.3. The second kappa shape index (κ2) is 18.8. The number of hydrogen-bond acceptors (Lipinski definition) is 12. The number of nitrogens with zero attached hydrogens (tertiary/aromatic N) is 2. The number of carbonyl (C=O) groups excluding carboxylic acids is 2. The summed E-state index contributed by atoms with van der Waals surface area (Å²) in [7, 11) is -1.33. The topological polar surface area (TPSA) is 215 Å². The Hall–Kier alpha value is 0.130. The standard InChI is InChI=1S/C22H44N4O10P2S3/c23-7-3-1-2-5-21(28)26-14-20(12-18(26)16-35-38(32,33)39)36-37(30,31)34-15-17-11-19(27)13-25(17)22(29)6-4-9-40-41-10-8-24/h17-20,27H,1-16,23-24H2,(H,30,31)(H2,32,33,39)/t17-,18-,19?,20+/m0/s1. The van der Waals surface area contributed by atoms with E-state index in [-0.39, 0.29) is 63.8 Å². The monoisotopic (exact) mass is 682 g/mol. The van der Waals surface area contributed by atoms with Gasteiger partial charge in [0.1, 0.15) is 0 Å². The minimum Gasteiger partial charge on any atom is -0.391 e. The number of phosphoric ester groups is 1. The summed E-state index contributed by atoms with van der Waals surface area (Å²) in [6, 6.07) is -1.26. The first-order valence-electron chi connectivity index (χ1n) is 13.6. The first-order valence-corrected chi connectivity index (χ1v) is 20.3. The van der Waals surface area contributed by atoms with Crippen molar-refractivity contribution in [3.63, 3.8) is 0 Å². The van der Waals surface area contributed by atoms with E-state index in [1.807, 2.05) is 0 Å². The number of unbranched alkanes of at least 4 members (excludes halogenated alkanes) is 2. The summed E-state index contributed by atoms with van der Waals surface area (Å²) >= 11 is 3.50. The van der Waals surface area contributed by atoms with Crippen molar-refractivity contribution >= 4 is 60.3 Å². The van der Waals surface area contributed by atoms with Crippen LogP contribution in [0.2, 0.25) is 0 Å². The van der Waals surface area contributed by atoms with E-state index in [1.54, 1.807) is 21.6 Å². The number of rotatable bonds is 20. The van der Waals surface area contributed by atoms with Gasteiger partial charge in [-0.05, 0) is 38.6 Å². The Bertz CT molecular complexity index is 921. The van der Waals surface area contributed by atoms with E-state index in [2.05, 4.69) is 12.2 Å². The lowest BCUT2D eigenvalue weighted by Gasteiger charge is -2.25. The molecule has 2 fully saturated rings. The summed E-state index contributed by atoms with van der Waals surface area (Å²) in [6.45, 7) is -3.53. The fourth-order valence-electron chi connectivity index (χ4n) is 4.68. The van der Waals surface area contributed by atoms with Gasteiger partial charge in [-0.2, -0.15) is 0 Å². The normalized spacial score (nSPS) is 25.8. The Morgan fingerprint density at radius 1 is 0.854 bits per heavy atom. The van der Waals surface area contributed by atoms with Gasteiger partial charge in [-0.1, -0.05) is 40.3 Å². The highest BCUT2D eigenvalue weighted by Gasteiger charge is 2.41. The molecule has 240 valence electrons. The molecule has 2 amide bonds. The number of likely N-dealkylation sites (tertiary alicyclic amines) is 2. The molecule has 0 radical (unpaired) electrons. The lowest BCUT2D eigenvalue weighted by Crippen LogP contribution is -2.38. The molecule has 0 aromatic heterocycles. The van der Waals surface area contributed by atoms with Crippen molar-refractivity contribution in [3.05, 3.63) is 0 Å². The maximum atomic E-state index is 12.8. The number of aliphatic hydroxyl groups is 1. The zero-order valence-electron chi connectivity index (χ0n) is 23.0. The molecule has 7 N–H and O–H groups in total. The van der Waals surface area contributed by atoms with Crippen LogP contribution >= 0.6 is 48.5 Å². The van der Waals surface area contributed by atoms with E-state index < -0.39 is 38.9 Å². The number of hydrogen-bond donors (Lipinski definition) is 6. The predicted octanol–water partition coefficient (Wildman–Crippen LogP) is 1.74. The molecule has 0 spiro atoms. The molecule has 0 aliphatic carbocycles. The smallest absolute Gasteiger partial charge is 0.391 e. The minimum atomic E-state index is -4.62. The van der Waals surface area contributed by atoms with Gasteiger partial charge in [0, 0.05) is 44.0 Å². The molecule has 2 aliphatic heterocycles. The SMILES string of the molecule is NCCCCCC(=O)N1C[C@H](OP(=O)(O)OC[C@@H]2CC(O)CN2C(=O)CCCSSCCN)C[C@H]1COP(=O)(O)S. The molecule has 0 aromatic rings. The van der Waals surface area contributed by atoms with Crippen LogP contribution in [0.3, 0.4) is 0 Å². The van der Waals surface area contributed by atoms with Crippen molar-refractivity contribution in [2.45, 2.75) is 75.7 Å². The molecule has 2 heterocycles. The Kier molecular flexibility index (Phi) is 17.1. The van der Waals surface area contributed by atoms with E-state index in [0.717, 1.165) is 24.3 Å². The number of nitrogens with two attached hydrogens (primary N) is 2. The molecular formula is C22H44N4O10P2S3. The molecule has 0 bridgehead atoms. The lowest BCUT2D eigenvalue weighted by atomic mass is 10.1. The Balaban J connectivity index is 1.90. The average Bonchev–Trinajstić information content (AvgIpc) is 3.48. The predicted molar refractivity (Wildman–Crippen MR) is 162 cm³/mol. The molecule has 0 saturated carbocycles. The highest BCUT2D eigenvalue weighted by atomic mass is 33.1. The van der Waals surface area contributed by atoms with Crippen molar-refractivity contribution in [2.24, 2.45) is 11.5 Å². The van der Waals surface area contributed by atoms with Gasteiger partial charge >= 0.3 is 14.6 Å². The van der Waals surface area contributed by atoms with Gasteiger partial charge < -0.3 is 36.2 Å². The molecule has 2 aliphatic rings. The molecule has 2 saturated heterocycles. The second-order valence-electron chi connectivity index (χ2n) is 9.94. The number of thiol groups is 1. The molecular weight excluding hydrogens is 638 g/mol. The van der Waals surface area contributed by atoms with Crippen LogP contribution in [0.4, 0.5) is 0 Å². The van der Waals surface area contributed by atoms with Gasteiger partial charge in [-0.3, -0.25) is 23.2 Å². The highest BCUT2D eigenvalue weighted by molar-refractivity contribution is 8.76. The fourth-order valence-corrected chi connectivity index (χ4v) is 8.14. The lowest BCUT2D eigenvalue weighted by molar-refractivity contribution is -0.133. The molecule has 6 atom stereocenters. The minimum absolute atomic E-state index is 0.0334. The van der Waals surface area contributed by atoms with Crippen molar-refractivity contribution in [3.8, 4) is 0 Å². The van der Waals surface area contributed by atoms with Crippen LogP contribution in [-0.4, -0.2) is 112 Å². The summed E-state index contributed by atoms with van der Waals surface area (Å²) < 4.78 is 39.8. The quantitative estimate of drug-likeness (QED) is 0.0467. The van der Waals surface area contributed by atoms with E-state index in [4.69, 9.17) is 25.0 Å². The number of amides is 2. The van der Waals surface area contributed by atoms with Crippen molar-refractivity contribution in [2.75, 3.05) is 50.9 Å². The zero-order chi connectivity index (χ0) is 30.5. The van der Waals surface area contributed by atoms with Crippen LogP contribution < -0.4 is 11.5 Å². The van der Waals surface area contributed by atoms with E-state index in [9.17, 15) is 33.6 Å². The van der Waals surface area contributed by atoms with E-state index in [0.29, 0.717) is 25.9 Å².